The first-order valence-corrected chi connectivity index (χ1v) is 9.03. The number of benzene rings is 2. The topological polar surface area (TPSA) is 32.8 Å². The lowest BCUT2D eigenvalue weighted by molar-refractivity contribution is -0.121. The smallest absolute Gasteiger partial charge is 0.265 e. The fourth-order valence-electron chi connectivity index (χ4n) is 4.18. The molecule has 0 bridgehead atoms. The molecular weight excluding hydrogens is 331 g/mol. The number of para-hydroxylation sites is 1. The Kier molecular flexibility index (Phi) is 4.41. The number of hydrogen-bond acceptors (Lipinski definition) is 3. The van der Waals surface area contributed by atoms with E-state index in [1.807, 2.05) is 17.0 Å². The average Bonchev–Trinajstić information content (AvgIpc) is 2.94. The minimum atomic E-state index is -0.449. The monoisotopic (exact) mass is 354 g/mol. The maximum absolute atomic E-state index is 13.8. The molecule has 136 valence electrons. The highest BCUT2D eigenvalue weighted by atomic mass is 19.1. The van der Waals surface area contributed by atoms with Crippen LogP contribution in [0.2, 0.25) is 0 Å². The third-order valence-electron chi connectivity index (χ3n) is 5.41. The van der Waals surface area contributed by atoms with Crippen LogP contribution in [0.5, 0.6) is 5.75 Å². The van der Waals surface area contributed by atoms with Crippen LogP contribution in [0.25, 0.3) is 0 Å². The van der Waals surface area contributed by atoms with Crippen LogP contribution in [-0.4, -0.2) is 43.6 Å². The number of fused-ring (bicyclic) bond motifs is 3. The van der Waals surface area contributed by atoms with E-state index in [9.17, 15) is 9.18 Å². The number of nitrogens with zero attached hydrogens (tertiary/aromatic N) is 2. The molecule has 4 rings (SSSR count). The van der Waals surface area contributed by atoms with E-state index in [-0.39, 0.29) is 24.3 Å². The van der Waals surface area contributed by atoms with Gasteiger partial charge in [-0.1, -0.05) is 29.8 Å². The van der Waals surface area contributed by atoms with Gasteiger partial charge in [0.15, 0.2) is 18.2 Å². The first kappa shape index (κ1) is 17.0. The van der Waals surface area contributed by atoms with Gasteiger partial charge in [-0.3, -0.25) is 4.79 Å². The van der Waals surface area contributed by atoms with Crippen molar-refractivity contribution in [3.8, 4) is 5.75 Å². The largest absolute Gasteiger partial charge is 0.481 e. The SMILES string of the molecule is Cc1ccc2c(c1)[C@H]1CN(C)CC[C@@H]1N2C(=O)COc1ccccc1F. The summed E-state index contributed by atoms with van der Waals surface area (Å²) >= 11 is 0. The van der Waals surface area contributed by atoms with E-state index in [0.717, 1.165) is 25.2 Å². The summed E-state index contributed by atoms with van der Waals surface area (Å²) in [5.41, 5.74) is 3.41. The van der Waals surface area contributed by atoms with Crippen LogP contribution in [0.15, 0.2) is 42.5 Å². The van der Waals surface area contributed by atoms with Gasteiger partial charge in [0, 0.05) is 24.2 Å². The van der Waals surface area contributed by atoms with Gasteiger partial charge < -0.3 is 14.5 Å². The van der Waals surface area contributed by atoms with Crippen molar-refractivity contribution in [1.29, 1.82) is 0 Å². The molecule has 5 heteroatoms. The van der Waals surface area contributed by atoms with Gasteiger partial charge in [-0.05, 0) is 50.7 Å². The van der Waals surface area contributed by atoms with Crippen LogP contribution in [0.4, 0.5) is 10.1 Å². The van der Waals surface area contributed by atoms with Crippen LogP contribution < -0.4 is 9.64 Å². The number of hydrogen-bond donors (Lipinski definition) is 0. The number of likely N-dealkylation sites (tertiary alicyclic amines) is 1. The first-order valence-electron chi connectivity index (χ1n) is 9.03. The average molecular weight is 354 g/mol. The molecule has 0 radical (unpaired) electrons. The molecule has 1 saturated heterocycles. The third kappa shape index (κ3) is 2.97. The zero-order chi connectivity index (χ0) is 18.3. The maximum Gasteiger partial charge on any atom is 0.265 e. The fraction of sp³-hybridized carbons (Fsp3) is 0.381. The number of likely N-dealkylation sites (N-methyl/N-ethyl adjacent to an activating group) is 1. The highest BCUT2D eigenvalue weighted by Crippen LogP contribution is 2.44. The molecule has 2 aromatic carbocycles. The lowest BCUT2D eigenvalue weighted by Crippen LogP contribution is -2.48. The maximum atomic E-state index is 13.8. The van der Waals surface area contributed by atoms with E-state index in [1.165, 1.54) is 17.2 Å². The Morgan fingerprint density at radius 3 is 2.88 bits per heavy atom. The van der Waals surface area contributed by atoms with E-state index in [1.54, 1.807) is 18.2 Å². The minimum absolute atomic E-state index is 0.115. The molecule has 0 aromatic heterocycles. The molecule has 2 atom stereocenters. The number of piperidine rings is 1. The lowest BCUT2D eigenvalue weighted by atomic mass is 9.89. The molecule has 1 amide bonds. The number of rotatable bonds is 3. The number of amides is 1. The van der Waals surface area contributed by atoms with Crippen molar-refractivity contribution < 1.29 is 13.9 Å². The number of halogens is 1. The van der Waals surface area contributed by atoms with Gasteiger partial charge >= 0.3 is 0 Å². The standard InChI is InChI=1S/C21H23FN2O2/c1-14-7-8-18-15(11-14)16-12-23(2)10-9-19(16)24(18)21(25)13-26-20-6-4-3-5-17(20)22/h3-8,11,16,19H,9-10,12-13H2,1-2H3/t16-,19+/m1/s1. The fourth-order valence-corrected chi connectivity index (χ4v) is 4.18. The molecule has 0 saturated carbocycles. The molecule has 26 heavy (non-hydrogen) atoms. The van der Waals surface area contributed by atoms with Gasteiger partial charge in [0.1, 0.15) is 0 Å². The molecule has 0 N–H and O–H groups in total. The summed E-state index contributed by atoms with van der Waals surface area (Å²) in [6.45, 7) is 3.83. The van der Waals surface area contributed by atoms with Crippen LogP contribution in [-0.2, 0) is 4.79 Å². The Balaban J connectivity index is 1.59. The Hall–Kier alpha value is -2.40. The molecule has 2 aliphatic heterocycles. The molecule has 4 nitrogen and oxygen atoms in total. The molecule has 0 spiro atoms. The lowest BCUT2D eigenvalue weighted by Gasteiger charge is -2.36. The van der Waals surface area contributed by atoms with Crippen LogP contribution in [0, 0.1) is 12.7 Å². The normalized spacial score (nSPS) is 22.0. The minimum Gasteiger partial charge on any atom is -0.481 e. The zero-order valence-electron chi connectivity index (χ0n) is 15.1. The molecule has 2 aromatic rings. The summed E-state index contributed by atoms with van der Waals surface area (Å²) in [4.78, 5) is 17.2. The number of ether oxygens (including phenoxy) is 1. The van der Waals surface area contributed by atoms with Gasteiger partial charge in [-0.15, -0.1) is 0 Å². The second-order valence-electron chi connectivity index (χ2n) is 7.27. The molecule has 2 aliphatic rings. The van der Waals surface area contributed by atoms with E-state index in [2.05, 4.69) is 24.9 Å². The van der Waals surface area contributed by atoms with Crippen molar-refractivity contribution in [3.63, 3.8) is 0 Å². The van der Waals surface area contributed by atoms with Gasteiger partial charge in [0.05, 0.1) is 0 Å². The van der Waals surface area contributed by atoms with Gasteiger partial charge in [0.25, 0.3) is 5.91 Å². The van der Waals surface area contributed by atoms with E-state index >= 15 is 0 Å². The van der Waals surface area contributed by atoms with E-state index in [0.29, 0.717) is 5.92 Å². The highest BCUT2D eigenvalue weighted by molar-refractivity contribution is 5.98. The van der Waals surface area contributed by atoms with Crippen molar-refractivity contribution in [1.82, 2.24) is 4.90 Å². The van der Waals surface area contributed by atoms with Crippen molar-refractivity contribution in [2.45, 2.75) is 25.3 Å². The number of aryl methyl sites for hydroxylation is 1. The number of carbonyl (C=O) groups excluding carboxylic acids is 1. The third-order valence-corrected chi connectivity index (χ3v) is 5.41. The summed E-state index contributed by atoms with van der Waals surface area (Å²) in [6.07, 6.45) is 0.931. The van der Waals surface area contributed by atoms with E-state index < -0.39 is 5.82 Å². The summed E-state index contributed by atoms with van der Waals surface area (Å²) in [6, 6.07) is 12.6. The van der Waals surface area contributed by atoms with Crippen LogP contribution >= 0.6 is 0 Å². The second-order valence-corrected chi connectivity index (χ2v) is 7.27. The van der Waals surface area contributed by atoms with Crippen molar-refractivity contribution in [2.24, 2.45) is 0 Å². The van der Waals surface area contributed by atoms with Crippen molar-refractivity contribution >= 4 is 11.6 Å². The summed E-state index contributed by atoms with van der Waals surface area (Å²) in [5, 5.41) is 0. The second kappa shape index (κ2) is 6.72. The Labute approximate surface area is 153 Å². The van der Waals surface area contributed by atoms with E-state index in [4.69, 9.17) is 4.74 Å². The first-order chi connectivity index (χ1) is 12.5. The number of anilines is 1. The molecule has 2 heterocycles. The van der Waals surface area contributed by atoms with Gasteiger partial charge in [0.2, 0.25) is 0 Å². The van der Waals surface area contributed by atoms with Crippen LogP contribution in [0.1, 0.15) is 23.5 Å². The van der Waals surface area contributed by atoms with Crippen LogP contribution in [0.3, 0.4) is 0 Å². The molecule has 0 aliphatic carbocycles. The Morgan fingerprint density at radius 2 is 2.08 bits per heavy atom. The number of carbonyl (C=O) groups is 1. The summed E-state index contributed by atoms with van der Waals surface area (Å²) in [5.74, 6) is -0.129. The highest BCUT2D eigenvalue weighted by Gasteiger charge is 2.43. The van der Waals surface area contributed by atoms with Crippen molar-refractivity contribution in [3.05, 3.63) is 59.4 Å². The van der Waals surface area contributed by atoms with Gasteiger partial charge in [-0.2, -0.15) is 0 Å². The van der Waals surface area contributed by atoms with Crippen molar-refractivity contribution in [2.75, 3.05) is 31.6 Å². The predicted molar refractivity (Wildman–Crippen MR) is 99.2 cm³/mol. The molecular formula is C21H23FN2O2. The zero-order valence-corrected chi connectivity index (χ0v) is 15.1. The van der Waals surface area contributed by atoms with Gasteiger partial charge in [-0.25, -0.2) is 4.39 Å². The quantitative estimate of drug-likeness (QED) is 0.847. The Morgan fingerprint density at radius 1 is 1.27 bits per heavy atom. The predicted octanol–water partition coefficient (Wildman–Crippen LogP) is 3.35. The summed E-state index contributed by atoms with van der Waals surface area (Å²) < 4.78 is 19.2. The molecule has 1 fully saturated rings. The molecule has 0 unspecified atom stereocenters. The summed E-state index contributed by atoms with van der Waals surface area (Å²) in [7, 11) is 2.12. The Bertz CT molecular complexity index is 839.